The number of guanidine groups is 1. The molecule has 6 bridgehead atoms. The van der Waals surface area contributed by atoms with E-state index in [-0.39, 0.29) is 45.7 Å². The Bertz CT molecular complexity index is 1140. The summed E-state index contributed by atoms with van der Waals surface area (Å²) in [5.74, 6) is 3.45. The lowest BCUT2D eigenvalue weighted by Gasteiger charge is -2.62. The molecule has 0 unspecified atom stereocenters. The van der Waals surface area contributed by atoms with E-state index in [0.29, 0.717) is 30.0 Å². The molecular formula is C33H51N3O3S2. The van der Waals surface area contributed by atoms with E-state index >= 15 is 0 Å². The molecule has 7 aliphatic rings. The smallest absolute Gasteiger partial charge is 0.189 e. The van der Waals surface area contributed by atoms with Gasteiger partial charge < -0.3 is 21.3 Å². The van der Waals surface area contributed by atoms with Crippen LogP contribution in [0.3, 0.4) is 0 Å². The van der Waals surface area contributed by atoms with Crippen LogP contribution in [-0.4, -0.2) is 57.8 Å². The molecule has 0 aromatic rings. The minimum absolute atomic E-state index is 0.0720. The normalized spacial score (nSPS) is 45.3. The van der Waals surface area contributed by atoms with Crippen molar-refractivity contribution in [3.8, 4) is 0 Å². The Kier molecular flexibility index (Phi) is 7.40. The Balaban J connectivity index is 1.33. The fourth-order valence-corrected chi connectivity index (χ4v) is 16.0. The number of carbonyl (C=O) groups excluding carboxylic acids is 1. The topological polar surface area (TPSA) is 108 Å². The Morgan fingerprint density at radius 3 is 2.66 bits per heavy atom. The van der Waals surface area contributed by atoms with Crippen LogP contribution in [0.15, 0.2) is 16.1 Å². The van der Waals surface area contributed by atoms with Crippen LogP contribution < -0.4 is 11.1 Å². The van der Waals surface area contributed by atoms with Gasteiger partial charge in [0.15, 0.2) is 11.7 Å². The van der Waals surface area contributed by atoms with Crippen molar-refractivity contribution in [3.63, 3.8) is 0 Å². The average molecular weight is 602 g/mol. The van der Waals surface area contributed by atoms with E-state index in [1.807, 2.05) is 0 Å². The van der Waals surface area contributed by atoms with E-state index < -0.39 is 0 Å². The summed E-state index contributed by atoms with van der Waals surface area (Å²) < 4.78 is 0.142. The Morgan fingerprint density at radius 1 is 1.07 bits per heavy atom. The van der Waals surface area contributed by atoms with Gasteiger partial charge in [0.25, 0.3) is 0 Å². The summed E-state index contributed by atoms with van der Waals surface area (Å²) in [7, 11) is 4.27. The molecule has 6 nitrogen and oxygen atoms in total. The average Bonchev–Trinajstić information content (AvgIpc) is 3.28. The minimum atomic E-state index is -0.138. The fourth-order valence-electron chi connectivity index (χ4n) is 12.2. The molecule has 5 aliphatic carbocycles. The fraction of sp³-hybridized carbons (Fsp3) is 0.879. The van der Waals surface area contributed by atoms with Crippen LogP contribution in [0.25, 0.3) is 0 Å². The number of aliphatic hydroxyl groups is 2. The summed E-state index contributed by atoms with van der Waals surface area (Å²) >= 11 is 0. The number of fused-ring (bicyclic) bond motifs is 2. The number of Topliss-reactive ketones (excluding diaryl/α,β-unsaturated/α-hetero) is 1. The van der Waals surface area contributed by atoms with Crippen LogP contribution in [0, 0.1) is 34.0 Å². The highest BCUT2D eigenvalue weighted by Crippen LogP contribution is 2.82. The molecule has 0 amide bonds. The zero-order valence-corrected chi connectivity index (χ0v) is 26.7. The molecule has 7 atom stereocenters. The number of ketones is 1. The van der Waals surface area contributed by atoms with Crippen LogP contribution in [-0.2, 0) is 4.79 Å². The second-order valence-electron chi connectivity index (χ2n) is 15.1. The number of hydrogen-bond acceptors (Lipinski definition) is 8. The summed E-state index contributed by atoms with van der Waals surface area (Å²) in [6, 6.07) is 0. The van der Waals surface area contributed by atoms with Crippen molar-refractivity contribution in [2.75, 3.05) is 25.5 Å². The van der Waals surface area contributed by atoms with Crippen molar-refractivity contribution in [1.29, 1.82) is 0 Å². The molecule has 0 radical (unpaired) electrons. The van der Waals surface area contributed by atoms with Gasteiger partial charge in [0.2, 0.25) is 0 Å². The van der Waals surface area contributed by atoms with E-state index in [4.69, 9.17) is 5.73 Å². The first-order valence-corrected chi connectivity index (χ1v) is 19.0. The van der Waals surface area contributed by atoms with Gasteiger partial charge in [-0.15, -0.1) is 0 Å². The van der Waals surface area contributed by atoms with Gasteiger partial charge in [0.05, 0.1) is 5.54 Å². The highest BCUT2D eigenvalue weighted by Gasteiger charge is 2.77. The van der Waals surface area contributed by atoms with Gasteiger partial charge in [0, 0.05) is 42.1 Å². The SMILES string of the molecule is C[C@]12CCSSC3(CCCCC3)[C@]3(CCCC4=C5[C@H]6CC[C@](CO)(C[C@H]61)[C@@H](CCCO)[C@@]52CC4=O)CCN=C(N)N3. The van der Waals surface area contributed by atoms with Gasteiger partial charge in [-0.05, 0) is 111 Å². The highest BCUT2D eigenvalue weighted by molar-refractivity contribution is 8.77. The van der Waals surface area contributed by atoms with Gasteiger partial charge in [-0.3, -0.25) is 9.79 Å². The minimum Gasteiger partial charge on any atom is -0.396 e. The number of carbonyl (C=O) groups is 1. The standard InChI is InChI=1S/C33H51N3O3S2/c1-29-15-18-40-41-32(11-3-2-4-12-32)31(14-16-35-28(34)36-31)10-5-7-23-25(39)20-33(29)26(8-6-17-37)30(21-38)13-9-22(27(23)33)24(29)19-30/h22,24,26,37-38H,2-21H2,1H3,(H3,34,35,36)/t22-,24+,26+,29-,30+,31-,33-/m0/s1. The summed E-state index contributed by atoms with van der Waals surface area (Å²) in [4.78, 5) is 18.8. The predicted molar refractivity (Wildman–Crippen MR) is 169 cm³/mol. The van der Waals surface area contributed by atoms with Gasteiger partial charge >= 0.3 is 0 Å². The van der Waals surface area contributed by atoms with Gasteiger partial charge in [-0.2, -0.15) is 0 Å². The molecule has 2 heterocycles. The maximum Gasteiger partial charge on any atom is 0.189 e. The second kappa shape index (κ2) is 10.4. The number of aliphatic imine (C=N–C) groups is 1. The van der Waals surface area contributed by atoms with Crippen molar-refractivity contribution >= 4 is 33.3 Å². The monoisotopic (exact) mass is 601 g/mol. The molecule has 3 spiro atoms. The van der Waals surface area contributed by atoms with E-state index in [0.717, 1.165) is 76.5 Å². The molecule has 4 fully saturated rings. The summed E-state index contributed by atoms with van der Waals surface area (Å²) in [6.45, 7) is 3.76. The zero-order valence-electron chi connectivity index (χ0n) is 25.0. The number of nitrogens with two attached hydrogens (primary N) is 1. The van der Waals surface area contributed by atoms with E-state index in [9.17, 15) is 15.0 Å². The first-order valence-electron chi connectivity index (χ1n) is 16.7. The predicted octanol–water partition coefficient (Wildman–Crippen LogP) is 5.76. The van der Waals surface area contributed by atoms with Crippen LogP contribution in [0.2, 0.25) is 0 Å². The number of allylic oxidation sites excluding steroid dienone is 2. The van der Waals surface area contributed by atoms with Crippen LogP contribution in [0.1, 0.15) is 110 Å². The third-order valence-corrected chi connectivity index (χ3v) is 17.2. The summed E-state index contributed by atoms with van der Waals surface area (Å²) in [5.41, 5.74) is 8.91. The molecular weight excluding hydrogens is 551 g/mol. The molecule has 0 aromatic carbocycles. The van der Waals surface area contributed by atoms with Crippen LogP contribution >= 0.6 is 21.6 Å². The van der Waals surface area contributed by atoms with Gasteiger partial charge in [0.1, 0.15) is 0 Å². The quantitative estimate of drug-likeness (QED) is 0.303. The highest BCUT2D eigenvalue weighted by atomic mass is 33.1. The zero-order chi connectivity index (χ0) is 28.5. The third kappa shape index (κ3) is 3.91. The molecule has 7 rings (SSSR count). The Hall–Kier alpha value is -0.700. The lowest BCUT2D eigenvalue weighted by Crippen LogP contribution is -2.66. The van der Waals surface area contributed by atoms with Gasteiger partial charge in [-0.25, -0.2) is 0 Å². The van der Waals surface area contributed by atoms with Crippen molar-refractivity contribution in [2.24, 2.45) is 44.7 Å². The summed E-state index contributed by atoms with van der Waals surface area (Å²) in [5, 5.41) is 24.7. The molecule has 8 heteroatoms. The molecule has 0 aromatic heterocycles. The molecule has 228 valence electrons. The molecule has 41 heavy (non-hydrogen) atoms. The van der Waals surface area contributed by atoms with Crippen molar-refractivity contribution in [1.82, 2.24) is 5.32 Å². The van der Waals surface area contributed by atoms with Gasteiger partial charge in [-0.1, -0.05) is 53.3 Å². The van der Waals surface area contributed by atoms with E-state index in [1.165, 1.54) is 37.7 Å². The Labute approximate surface area is 254 Å². The van der Waals surface area contributed by atoms with E-state index in [2.05, 4.69) is 38.8 Å². The van der Waals surface area contributed by atoms with Crippen molar-refractivity contribution in [2.45, 2.75) is 120 Å². The first kappa shape index (κ1) is 29.0. The third-order valence-electron chi connectivity index (χ3n) is 13.8. The van der Waals surface area contributed by atoms with Crippen LogP contribution in [0.4, 0.5) is 0 Å². The Morgan fingerprint density at radius 2 is 1.90 bits per heavy atom. The van der Waals surface area contributed by atoms with Crippen molar-refractivity contribution < 1.29 is 15.0 Å². The number of rotatable bonds is 4. The maximum atomic E-state index is 14.2. The summed E-state index contributed by atoms with van der Waals surface area (Å²) in [6.07, 6.45) is 17.0. The van der Waals surface area contributed by atoms with E-state index in [1.54, 1.807) is 5.57 Å². The maximum absolute atomic E-state index is 14.2. The van der Waals surface area contributed by atoms with Crippen LogP contribution in [0.5, 0.6) is 0 Å². The lowest BCUT2D eigenvalue weighted by molar-refractivity contribution is -0.161. The number of nitrogens with one attached hydrogen (secondary N) is 1. The lowest BCUT2D eigenvalue weighted by atomic mass is 9.41. The molecule has 0 saturated heterocycles. The molecule has 4 saturated carbocycles. The second-order valence-corrected chi connectivity index (χ2v) is 17.9. The molecule has 5 N–H and O–H groups in total. The largest absolute Gasteiger partial charge is 0.396 e. The number of hydrogen-bond donors (Lipinski definition) is 4. The molecule has 2 aliphatic heterocycles. The van der Waals surface area contributed by atoms with Crippen molar-refractivity contribution in [3.05, 3.63) is 11.1 Å². The number of aliphatic hydroxyl groups excluding tert-OH is 2. The number of nitrogens with zero attached hydrogens (tertiary/aromatic N) is 1. The first-order chi connectivity index (χ1) is 19.8.